The molecular formula is C8H12N2O. The monoisotopic (exact) mass is 152 g/mol. The van der Waals surface area contributed by atoms with E-state index in [1.54, 1.807) is 12.1 Å². The Morgan fingerprint density at radius 3 is 2.09 bits per heavy atom. The molecule has 0 aliphatic carbocycles. The van der Waals surface area contributed by atoms with E-state index in [0.29, 0.717) is 5.69 Å². The molecule has 60 valence electrons. The van der Waals surface area contributed by atoms with Crippen LogP contribution in [0.5, 0.6) is 0 Å². The molecule has 4 N–H and O–H groups in total. The van der Waals surface area contributed by atoms with Crippen LogP contribution in [0, 0.1) is 19.1 Å². The molecule has 1 aromatic rings. The van der Waals surface area contributed by atoms with Crippen molar-refractivity contribution < 1.29 is 5.48 Å². The molecule has 0 amide bonds. The van der Waals surface area contributed by atoms with E-state index in [2.05, 4.69) is 0 Å². The summed E-state index contributed by atoms with van der Waals surface area (Å²) in [6.07, 6.45) is 0. The molecule has 0 unspecified atom stereocenters. The fourth-order valence-electron chi connectivity index (χ4n) is 1.08. The Morgan fingerprint density at radius 2 is 1.73 bits per heavy atom. The lowest BCUT2D eigenvalue weighted by Crippen LogP contribution is -2.70. The van der Waals surface area contributed by atoms with Crippen LogP contribution in [-0.4, -0.2) is 0 Å². The number of hydrogen-bond donors (Lipinski definition) is 2. The van der Waals surface area contributed by atoms with Crippen LogP contribution in [0.4, 0.5) is 11.4 Å². The highest BCUT2D eigenvalue weighted by atomic mass is 16.5. The lowest BCUT2D eigenvalue weighted by atomic mass is 10.1. The Bertz CT molecular complexity index is 248. The first-order chi connectivity index (χ1) is 5.15. The number of rotatable bonds is 1. The molecule has 0 aromatic heterocycles. The fraction of sp³-hybridized carbons (Fsp3) is 0.250. The van der Waals surface area contributed by atoms with Gasteiger partial charge in [0.15, 0.2) is 0 Å². The van der Waals surface area contributed by atoms with E-state index in [1.807, 2.05) is 13.8 Å². The number of nitrogen functional groups attached to an aromatic ring is 1. The molecule has 0 aliphatic rings. The van der Waals surface area contributed by atoms with Crippen molar-refractivity contribution in [1.82, 2.24) is 0 Å². The average Bonchev–Trinajstić information content (AvgIpc) is 1.99. The molecule has 0 bridgehead atoms. The summed E-state index contributed by atoms with van der Waals surface area (Å²) >= 11 is 0. The summed E-state index contributed by atoms with van der Waals surface area (Å²) < 4.78 is 0. The molecule has 0 spiro atoms. The maximum absolute atomic E-state index is 10.4. The van der Waals surface area contributed by atoms with E-state index in [1.165, 1.54) is 0 Å². The van der Waals surface area contributed by atoms with E-state index >= 15 is 0 Å². The zero-order valence-corrected chi connectivity index (χ0v) is 6.72. The van der Waals surface area contributed by atoms with Crippen LogP contribution in [0.2, 0.25) is 0 Å². The van der Waals surface area contributed by atoms with Gasteiger partial charge in [-0.25, -0.2) is 0 Å². The SMILES string of the molecule is Cc1cc([NH2+][O-])cc(C)c1N. The highest BCUT2D eigenvalue weighted by Crippen LogP contribution is 2.18. The summed E-state index contributed by atoms with van der Waals surface area (Å²) in [4.78, 5) is 0. The van der Waals surface area contributed by atoms with Gasteiger partial charge in [0.2, 0.25) is 0 Å². The Morgan fingerprint density at radius 1 is 1.27 bits per heavy atom. The number of hydrogen-bond acceptors (Lipinski definition) is 2. The standard InChI is InChI=1S/C8H12N2O/c1-5-3-7(10-11)4-6(2)8(5)9/h3-4H,9-10H2,1-2H3. The van der Waals surface area contributed by atoms with Crippen molar-refractivity contribution in [3.63, 3.8) is 0 Å². The second-order valence-corrected chi connectivity index (χ2v) is 2.69. The van der Waals surface area contributed by atoms with Gasteiger partial charge in [-0.3, -0.25) is 0 Å². The molecule has 0 atom stereocenters. The van der Waals surface area contributed by atoms with Gasteiger partial charge < -0.3 is 16.4 Å². The third-order valence-corrected chi connectivity index (χ3v) is 1.75. The topological polar surface area (TPSA) is 65.7 Å². The van der Waals surface area contributed by atoms with Crippen LogP contribution in [0.25, 0.3) is 0 Å². The van der Waals surface area contributed by atoms with Crippen molar-refractivity contribution >= 4 is 11.4 Å². The van der Waals surface area contributed by atoms with E-state index in [4.69, 9.17) is 5.73 Å². The summed E-state index contributed by atoms with van der Waals surface area (Å²) in [5.41, 5.74) is 9.91. The first-order valence-electron chi connectivity index (χ1n) is 3.47. The van der Waals surface area contributed by atoms with Gasteiger partial charge in [-0.2, -0.15) is 0 Å². The van der Waals surface area contributed by atoms with Crippen LogP contribution in [0.3, 0.4) is 0 Å². The molecule has 11 heavy (non-hydrogen) atoms. The zero-order chi connectivity index (χ0) is 8.43. The number of anilines is 1. The van der Waals surface area contributed by atoms with Gasteiger partial charge in [0.05, 0.1) is 0 Å². The Balaban J connectivity index is 3.21. The van der Waals surface area contributed by atoms with E-state index < -0.39 is 0 Å². The van der Waals surface area contributed by atoms with Gasteiger partial charge >= 0.3 is 0 Å². The van der Waals surface area contributed by atoms with E-state index in [0.717, 1.165) is 22.3 Å². The van der Waals surface area contributed by atoms with Crippen molar-refractivity contribution in [2.24, 2.45) is 0 Å². The predicted octanol–water partition coefficient (Wildman–Crippen LogP) is 0.578. The quantitative estimate of drug-likeness (QED) is 0.456. The first kappa shape index (κ1) is 8.04. The molecule has 0 aliphatic heterocycles. The predicted molar refractivity (Wildman–Crippen MR) is 45.3 cm³/mol. The molecule has 3 nitrogen and oxygen atoms in total. The third kappa shape index (κ3) is 1.50. The number of nitrogens with two attached hydrogens (primary N) is 2. The summed E-state index contributed by atoms with van der Waals surface area (Å²) in [5.74, 6) is 0. The molecule has 1 rings (SSSR count). The molecule has 0 radical (unpaired) electrons. The molecule has 0 saturated carbocycles. The lowest BCUT2D eigenvalue weighted by Gasteiger charge is -2.07. The van der Waals surface area contributed by atoms with Crippen LogP contribution < -0.4 is 11.2 Å². The number of benzene rings is 1. The highest BCUT2D eigenvalue weighted by molar-refractivity contribution is 5.57. The summed E-state index contributed by atoms with van der Waals surface area (Å²) in [6, 6.07) is 3.57. The van der Waals surface area contributed by atoms with Crippen molar-refractivity contribution in [2.75, 3.05) is 5.73 Å². The maximum Gasteiger partial charge on any atom is 0.130 e. The second kappa shape index (κ2) is 2.90. The minimum atomic E-state index is 0.689. The molecule has 3 heteroatoms. The molecule has 1 aromatic carbocycles. The van der Waals surface area contributed by atoms with Gasteiger partial charge in [0, 0.05) is 17.8 Å². The van der Waals surface area contributed by atoms with Crippen molar-refractivity contribution in [3.05, 3.63) is 28.5 Å². The Labute approximate surface area is 65.8 Å². The number of quaternary nitrogens is 1. The Hall–Kier alpha value is -1.06. The van der Waals surface area contributed by atoms with Crippen molar-refractivity contribution in [3.8, 4) is 0 Å². The first-order valence-corrected chi connectivity index (χ1v) is 3.47. The maximum atomic E-state index is 10.4. The van der Waals surface area contributed by atoms with Gasteiger partial charge in [0.1, 0.15) is 5.69 Å². The zero-order valence-electron chi connectivity index (χ0n) is 6.72. The summed E-state index contributed by atoms with van der Waals surface area (Å²) in [6.45, 7) is 3.80. The van der Waals surface area contributed by atoms with Crippen LogP contribution in [0.1, 0.15) is 11.1 Å². The van der Waals surface area contributed by atoms with Gasteiger partial charge in [-0.1, -0.05) is 0 Å². The molecule has 0 saturated heterocycles. The molecular weight excluding hydrogens is 140 g/mol. The lowest BCUT2D eigenvalue weighted by molar-refractivity contribution is -0.497. The highest BCUT2D eigenvalue weighted by Gasteiger charge is 2.00. The molecule has 0 fully saturated rings. The third-order valence-electron chi connectivity index (χ3n) is 1.75. The van der Waals surface area contributed by atoms with Crippen LogP contribution >= 0.6 is 0 Å². The minimum Gasteiger partial charge on any atom is -0.630 e. The van der Waals surface area contributed by atoms with Gasteiger partial charge in [-0.05, 0) is 25.0 Å². The Kier molecular flexibility index (Phi) is 2.12. The molecule has 0 heterocycles. The fourth-order valence-corrected chi connectivity index (χ4v) is 1.08. The summed E-state index contributed by atoms with van der Waals surface area (Å²) in [5, 5.41) is 10.4. The van der Waals surface area contributed by atoms with Crippen LogP contribution in [-0.2, 0) is 0 Å². The van der Waals surface area contributed by atoms with E-state index in [-0.39, 0.29) is 0 Å². The largest absolute Gasteiger partial charge is 0.630 e. The van der Waals surface area contributed by atoms with E-state index in [9.17, 15) is 5.21 Å². The smallest absolute Gasteiger partial charge is 0.130 e. The van der Waals surface area contributed by atoms with Gasteiger partial charge in [0.25, 0.3) is 0 Å². The number of aryl methyl sites for hydroxylation is 2. The minimum absolute atomic E-state index is 0.689. The normalized spacial score (nSPS) is 10.1. The van der Waals surface area contributed by atoms with Crippen molar-refractivity contribution in [2.45, 2.75) is 13.8 Å². The second-order valence-electron chi connectivity index (χ2n) is 2.69. The van der Waals surface area contributed by atoms with Gasteiger partial charge in [-0.15, -0.1) is 0 Å². The summed E-state index contributed by atoms with van der Waals surface area (Å²) in [7, 11) is 0. The average molecular weight is 152 g/mol. The van der Waals surface area contributed by atoms with Crippen LogP contribution in [0.15, 0.2) is 12.1 Å². The van der Waals surface area contributed by atoms with Crippen molar-refractivity contribution in [1.29, 1.82) is 0 Å².